The van der Waals surface area contributed by atoms with Crippen molar-refractivity contribution in [2.45, 2.75) is 40.2 Å². The zero-order valence-corrected chi connectivity index (χ0v) is 22.0. The lowest BCUT2D eigenvalue weighted by Crippen LogP contribution is -2.52. The van der Waals surface area contributed by atoms with Gasteiger partial charge in [-0.1, -0.05) is 61.8 Å². The van der Waals surface area contributed by atoms with Crippen LogP contribution >= 0.6 is 11.6 Å². The number of sulfonamides is 1. The van der Waals surface area contributed by atoms with E-state index in [1.165, 1.54) is 11.0 Å². The Balaban J connectivity index is 2.31. The van der Waals surface area contributed by atoms with Crippen LogP contribution in [0.15, 0.2) is 48.5 Å². The maximum absolute atomic E-state index is 13.4. The molecular weight excluding hydrogens is 474 g/mol. The number of hydrogen-bond donors (Lipinski definition) is 1. The van der Waals surface area contributed by atoms with E-state index in [1.54, 1.807) is 19.1 Å². The van der Waals surface area contributed by atoms with Gasteiger partial charge < -0.3 is 10.2 Å². The van der Waals surface area contributed by atoms with Crippen LogP contribution in [0.25, 0.3) is 0 Å². The van der Waals surface area contributed by atoms with Gasteiger partial charge in [0.25, 0.3) is 0 Å². The molecule has 0 heterocycles. The summed E-state index contributed by atoms with van der Waals surface area (Å²) in [6, 6.07) is 13.7. The van der Waals surface area contributed by atoms with Gasteiger partial charge in [-0.3, -0.25) is 13.9 Å². The van der Waals surface area contributed by atoms with Gasteiger partial charge in [-0.15, -0.1) is 0 Å². The third-order valence-corrected chi connectivity index (χ3v) is 7.01. The van der Waals surface area contributed by atoms with Crippen LogP contribution in [0.2, 0.25) is 5.02 Å². The molecule has 1 atom stereocenters. The topological polar surface area (TPSA) is 86.8 Å². The zero-order chi connectivity index (χ0) is 25.5. The quantitative estimate of drug-likeness (QED) is 0.503. The number of hydrogen-bond acceptors (Lipinski definition) is 4. The molecule has 0 bridgehead atoms. The molecular formula is C25H34ClN3O4S. The van der Waals surface area contributed by atoms with E-state index in [2.05, 4.69) is 5.32 Å². The average Bonchev–Trinajstić information content (AvgIpc) is 2.77. The summed E-state index contributed by atoms with van der Waals surface area (Å²) in [5, 5.41) is 3.27. The number of nitrogens with zero attached hydrogens (tertiary/aromatic N) is 2. The third-order valence-electron chi connectivity index (χ3n) is 5.46. The first-order valence-corrected chi connectivity index (χ1v) is 13.5. The first-order chi connectivity index (χ1) is 15.9. The minimum Gasteiger partial charge on any atom is -0.354 e. The highest BCUT2D eigenvalue weighted by atomic mass is 35.5. The highest BCUT2D eigenvalue weighted by Crippen LogP contribution is 2.25. The summed E-state index contributed by atoms with van der Waals surface area (Å²) >= 11 is 6.21. The van der Waals surface area contributed by atoms with Crippen LogP contribution in [-0.4, -0.2) is 57.1 Å². The van der Waals surface area contributed by atoms with E-state index in [-0.39, 0.29) is 18.4 Å². The Morgan fingerprint density at radius 3 is 2.26 bits per heavy atom. The minimum atomic E-state index is -3.78. The molecule has 186 valence electrons. The van der Waals surface area contributed by atoms with Crippen LogP contribution in [0.5, 0.6) is 0 Å². The van der Waals surface area contributed by atoms with Crippen molar-refractivity contribution in [2.75, 3.05) is 30.2 Å². The molecule has 0 aliphatic rings. The van der Waals surface area contributed by atoms with Crippen molar-refractivity contribution in [1.82, 2.24) is 10.2 Å². The van der Waals surface area contributed by atoms with E-state index in [4.69, 9.17) is 11.6 Å². The van der Waals surface area contributed by atoms with E-state index in [9.17, 15) is 18.0 Å². The van der Waals surface area contributed by atoms with Crippen LogP contribution in [0.3, 0.4) is 0 Å². The van der Waals surface area contributed by atoms with E-state index in [0.29, 0.717) is 23.7 Å². The number of nitrogens with one attached hydrogen (secondary N) is 1. The van der Waals surface area contributed by atoms with E-state index < -0.39 is 28.5 Å². The lowest BCUT2D eigenvalue weighted by molar-refractivity contribution is -0.138. The van der Waals surface area contributed by atoms with Gasteiger partial charge in [0.15, 0.2) is 0 Å². The van der Waals surface area contributed by atoms with Gasteiger partial charge in [0.2, 0.25) is 21.8 Å². The van der Waals surface area contributed by atoms with Crippen molar-refractivity contribution >= 4 is 39.1 Å². The van der Waals surface area contributed by atoms with Crippen molar-refractivity contribution in [3.05, 3.63) is 64.7 Å². The molecule has 0 aromatic heterocycles. The molecule has 0 radical (unpaired) electrons. The van der Waals surface area contributed by atoms with Crippen LogP contribution in [0.4, 0.5) is 5.69 Å². The number of aryl methyl sites for hydroxylation is 1. The van der Waals surface area contributed by atoms with Gasteiger partial charge in [0, 0.05) is 18.1 Å². The molecule has 1 N–H and O–H groups in total. The Hall–Kier alpha value is -2.58. The predicted octanol–water partition coefficient (Wildman–Crippen LogP) is 3.65. The van der Waals surface area contributed by atoms with Crippen LogP contribution in [0.1, 0.15) is 31.9 Å². The number of anilines is 1. The largest absolute Gasteiger partial charge is 0.354 e. The fourth-order valence-corrected chi connectivity index (χ4v) is 4.39. The Kier molecular flexibility index (Phi) is 9.94. The first kappa shape index (κ1) is 27.7. The lowest BCUT2D eigenvalue weighted by Gasteiger charge is -2.31. The Bertz CT molecular complexity index is 1090. The normalized spacial score (nSPS) is 12.3. The predicted molar refractivity (Wildman–Crippen MR) is 138 cm³/mol. The van der Waals surface area contributed by atoms with Gasteiger partial charge in [-0.25, -0.2) is 8.42 Å². The van der Waals surface area contributed by atoms with Gasteiger partial charge in [-0.2, -0.15) is 0 Å². The van der Waals surface area contributed by atoms with E-state index in [0.717, 1.165) is 21.7 Å². The summed E-state index contributed by atoms with van der Waals surface area (Å²) in [4.78, 5) is 27.7. The minimum absolute atomic E-state index is 0.261. The number of rotatable bonds is 11. The van der Waals surface area contributed by atoms with Crippen molar-refractivity contribution in [3.8, 4) is 0 Å². The van der Waals surface area contributed by atoms with Crippen molar-refractivity contribution in [2.24, 2.45) is 5.92 Å². The fourth-order valence-electron chi connectivity index (χ4n) is 3.37. The van der Waals surface area contributed by atoms with Crippen molar-refractivity contribution in [1.29, 1.82) is 0 Å². The number of carbonyl (C=O) groups excluding carboxylic acids is 2. The average molecular weight is 508 g/mol. The smallest absolute Gasteiger partial charge is 0.244 e. The molecule has 2 aromatic carbocycles. The van der Waals surface area contributed by atoms with Gasteiger partial charge in [0.1, 0.15) is 12.6 Å². The first-order valence-electron chi connectivity index (χ1n) is 11.2. The highest BCUT2D eigenvalue weighted by molar-refractivity contribution is 7.92. The van der Waals surface area contributed by atoms with Gasteiger partial charge in [-0.05, 0) is 49.4 Å². The molecule has 0 aliphatic carbocycles. The van der Waals surface area contributed by atoms with Gasteiger partial charge >= 0.3 is 0 Å². The van der Waals surface area contributed by atoms with Gasteiger partial charge in [0.05, 0.1) is 11.9 Å². The number of amides is 2. The Labute approximate surface area is 208 Å². The Morgan fingerprint density at radius 1 is 1.06 bits per heavy atom. The molecule has 0 aliphatic heterocycles. The molecule has 2 aromatic rings. The Morgan fingerprint density at radius 2 is 1.71 bits per heavy atom. The van der Waals surface area contributed by atoms with E-state index >= 15 is 0 Å². The van der Waals surface area contributed by atoms with Crippen LogP contribution < -0.4 is 9.62 Å². The fraction of sp³-hybridized carbons (Fsp3) is 0.440. The van der Waals surface area contributed by atoms with Crippen LogP contribution in [-0.2, 0) is 26.0 Å². The van der Waals surface area contributed by atoms with Crippen molar-refractivity contribution in [3.63, 3.8) is 0 Å². The summed E-state index contributed by atoms with van der Waals surface area (Å²) in [6.07, 6.45) is 1.57. The molecule has 0 fully saturated rings. The monoisotopic (exact) mass is 507 g/mol. The van der Waals surface area contributed by atoms with E-state index in [1.807, 2.05) is 51.1 Å². The standard InChI is InChI=1S/C25H34ClN3O4S/c1-18(2)16-27-25(31)20(4)28(14-13-21-9-7-6-8-10-21)24(30)17-29(34(5,32)33)22-12-11-19(3)23(26)15-22/h6-12,15,18,20H,13-14,16-17H2,1-5H3,(H,27,31)/t20-/m1/s1. The molecule has 7 nitrogen and oxygen atoms in total. The summed E-state index contributed by atoms with van der Waals surface area (Å²) in [5.74, 6) is -0.485. The lowest BCUT2D eigenvalue weighted by atomic mass is 10.1. The second kappa shape index (κ2) is 12.2. The van der Waals surface area contributed by atoms with Crippen molar-refractivity contribution < 1.29 is 18.0 Å². The summed E-state index contributed by atoms with van der Waals surface area (Å²) in [5.41, 5.74) is 2.11. The zero-order valence-electron chi connectivity index (χ0n) is 20.4. The molecule has 0 saturated carbocycles. The second-order valence-corrected chi connectivity index (χ2v) is 11.2. The maximum atomic E-state index is 13.4. The molecule has 0 unspecified atom stereocenters. The second-order valence-electron chi connectivity index (χ2n) is 8.84. The molecule has 34 heavy (non-hydrogen) atoms. The summed E-state index contributed by atoms with van der Waals surface area (Å²) < 4.78 is 26.2. The maximum Gasteiger partial charge on any atom is 0.244 e. The summed E-state index contributed by atoms with van der Waals surface area (Å²) in [7, 11) is -3.78. The third kappa shape index (κ3) is 8.02. The van der Waals surface area contributed by atoms with Crippen LogP contribution in [0, 0.1) is 12.8 Å². The molecule has 2 rings (SSSR count). The molecule has 9 heteroatoms. The number of halogens is 1. The number of carbonyl (C=O) groups is 2. The molecule has 0 saturated heterocycles. The summed E-state index contributed by atoms with van der Waals surface area (Å²) in [6.45, 7) is 7.76. The SMILES string of the molecule is Cc1ccc(N(CC(=O)N(CCc2ccccc2)[C@H](C)C(=O)NCC(C)C)S(C)(=O)=O)cc1Cl. The number of benzene rings is 2. The highest BCUT2D eigenvalue weighted by Gasteiger charge is 2.30. The molecule has 2 amide bonds. The molecule has 0 spiro atoms.